The summed E-state index contributed by atoms with van der Waals surface area (Å²) in [7, 11) is 0. The zero-order chi connectivity index (χ0) is 19.4. The van der Waals surface area contributed by atoms with Crippen LogP contribution in [0.3, 0.4) is 0 Å². The first-order chi connectivity index (χ1) is 13.0. The van der Waals surface area contributed by atoms with E-state index in [1.54, 1.807) is 4.68 Å². The molecule has 1 aromatic heterocycles. The van der Waals surface area contributed by atoms with Gasteiger partial charge in [0.1, 0.15) is 0 Å². The molecule has 1 heterocycles. The van der Waals surface area contributed by atoms with Crippen molar-refractivity contribution < 1.29 is 4.79 Å². The van der Waals surface area contributed by atoms with Gasteiger partial charge in [0.05, 0.1) is 17.0 Å². The van der Waals surface area contributed by atoms with Crippen LogP contribution < -0.4 is 5.32 Å². The molecule has 1 amide bonds. The fourth-order valence-electron chi connectivity index (χ4n) is 2.81. The van der Waals surface area contributed by atoms with Crippen LogP contribution >= 0.6 is 11.8 Å². The van der Waals surface area contributed by atoms with Crippen molar-refractivity contribution in [2.24, 2.45) is 0 Å². The van der Waals surface area contributed by atoms with Gasteiger partial charge < -0.3 is 5.32 Å². The predicted octanol–water partition coefficient (Wildman–Crippen LogP) is 3.64. The average Bonchev–Trinajstić information content (AvgIpc) is 3.10. The van der Waals surface area contributed by atoms with E-state index in [-0.39, 0.29) is 17.2 Å². The third kappa shape index (κ3) is 4.54. The molecule has 2 unspecified atom stereocenters. The molecule has 0 bridgehead atoms. The van der Waals surface area contributed by atoms with Gasteiger partial charge in [-0.25, -0.2) is 0 Å². The Labute approximate surface area is 163 Å². The van der Waals surface area contributed by atoms with Gasteiger partial charge in [-0.3, -0.25) is 4.79 Å². The average molecular weight is 382 g/mol. The van der Waals surface area contributed by atoms with E-state index in [4.69, 9.17) is 0 Å². The second-order valence-corrected chi connectivity index (χ2v) is 7.87. The molecule has 6 nitrogen and oxygen atoms in total. The number of hydrogen-bond donors (Lipinski definition) is 1. The zero-order valence-corrected chi connectivity index (χ0v) is 16.7. The molecule has 140 valence electrons. The van der Waals surface area contributed by atoms with Crippen LogP contribution in [0.2, 0.25) is 0 Å². The van der Waals surface area contributed by atoms with Crippen LogP contribution in [0, 0.1) is 13.8 Å². The van der Waals surface area contributed by atoms with Crippen LogP contribution in [-0.4, -0.2) is 31.4 Å². The third-order valence-corrected chi connectivity index (χ3v) is 5.36. The van der Waals surface area contributed by atoms with Gasteiger partial charge in [0.2, 0.25) is 11.1 Å². The lowest BCUT2D eigenvalue weighted by Gasteiger charge is -2.17. The van der Waals surface area contributed by atoms with E-state index in [1.165, 1.54) is 17.3 Å². The van der Waals surface area contributed by atoms with Gasteiger partial charge in [-0.2, -0.15) is 4.68 Å². The van der Waals surface area contributed by atoms with E-state index in [0.29, 0.717) is 5.16 Å². The number of benzene rings is 2. The number of hydrogen-bond acceptors (Lipinski definition) is 5. The quantitative estimate of drug-likeness (QED) is 0.660. The van der Waals surface area contributed by atoms with Crippen molar-refractivity contribution in [1.29, 1.82) is 0 Å². The van der Waals surface area contributed by atoms with E-state index in [1.807, 2.05) is 70.2 Å². The van der Waals surface area contributed by atoms with Gasteiger partial charge in [-0.1, -0.05) is 59.8 Å². The monoisotopic (exact) mass is 381 g/mol. The molecule has 3 rings (SSSR count). The molecule has 3 aromatic rings. The van der Waals surface area contributed by atoms with E-state index < -0.39 is 0 Å². The predicted molar refractivity (Wildman–Crippen MR) is 107 cm³/mol. The Morgan fingerprint density at radius 3 is 2.56 bits per heavy atom. The number of thioether (sulfide) groups is 1. The molecule has 2 aromatic carbocycles. The number of carbonyl (C=O) groups is 1. The minimum atomic E-state index is -0.327. The summed E-state index contributed by atoms with van der Waals surface area (Å²) in [6, 6.07) is 15.9. The molecule has 0 aliphatic rings. The van der Waals surface area contributed by atoms with Crippen molar-refractivity contribution in [1.82, 2.24) is 25.5 Å². The van der Waals surface area contributed by atoms with Gasteiger partial charge in [0, 0.05) is 0 Å². The smallest absolute Gasteiger partial charge is 0.233 e. The third-order valence-electron chi connectivity index (χ3n) is 4.33. The number of nitrogens with zero attached hydrogens (tertiary/aromatic N) is 4. The summed E-state index contributed by atoms with van der Waals surface area (Å²) in [5, 5.41) is 15.3. The topological polar surface area (TPSA) is 72.7 Å². The van der Waals surface area contributed by atoms with Crippen molar-refractivity contribution >= 4 is 17.7 Å². The largest absolute Gasteiger partial charge is 0.349 e. The first kappa shape index (κ1) is 19.1. The van der Waals surface area contributed by atoms with E-state index >= 15 is 0 Å². The summed E-state index contributed by atoms with van der Waals surface area (Å²) in [6.07, 6.45) is 0. The van der Waals surface area contributed by atoms with Gasteiger partial charge in [0.25, 0.3) is 0 Å². The van der Waals surface area contributed by atoms with Crippen molar-refractivity contribution in [3.05, 3.63) is 65.2 Å². The maximum atomic E-state index is 12.6. The normalized spacial score (nSPS) is 13.2. The Hall–Kier alpha value is -2.67. The van der Waals surface area contributed by atoms with Crippen molar-refractivity contribution in [3.8, 4) is 5.69 Å². The Kier molecular flexibility index (Phi) is 5.91. The van der Waals surface area contributed by atoms with Crippen LogP contribution in [0.25, 0.3) is 5.69 Å². The molecular formula is C20H23N5OS. The fraction of sp³-hybridized carbons (Fsp3) is 0.300. The Balaban J connectivity index is 1.70. The Morgan fingerprint density at radius 2 is 1.85 bits per heavy atom. The van der Waals surface area contributed by atoms with Crippen LogP contribution in [0.5, 0.6) is 0 Å². The number of nitrogens with one attached hydrogen (secondary N) is 1. The maximum absolute atomic E-state index is 12.6. The van der Waals surface area contributed by atoms with E-state index in [0.717, 1.165) is 16.8 Å². The van der Waals surface area contributed by atoms with E-state index in [9.17, 15) is 4.79 Å². The first-order valence-electron chi connectivity index (χ1n) is 8.83. The SMILES string of the molecule is Cc1ccc(-n2nnnc2SC(C)C(=O)NC(C)c2ccccc2)c(C)c1. The zero-order valence-electron chi connectivity index (χ0n) is 15.9. The number of amides is 1. The number of aryl methyl sites for hydroxylation is 2. The summed E-state index contributed by atoms with van der Waals surface area (Å²) in [4.78, 5) is 12.6. The van der Waals surface area contributed by atoms with Crippen LogP contribution in [-0.2, 0) is 4.79 Å². The van der Waals surface area contributed by atoms with Crippen LogP contribution in [0.4, 0.5) is 0 Å². The van der Waals surface area contributed by atoms with Crippen molar-refractivity contribution in [3.63, 3.8) is 0 Å². The van der Waals surface area contributed by atoms with Gasteiger partial charge in [0.15, 0.2) is 0 Å². The molecule has 0 fully saturated rings. The fourth-order valence-corrected chi connectivity index (χ4v) is 3.62. The van der Waals surface area contributed by atoms with Gasteiger partial charge >= 0.3 is 0 Å². The second kappa shape index (κ2) is 8.35. The summed E-state index contributed by atoms with van der Waals surface area (Å²) in [5.41, 5.74) is 4.25. The molecule has 0 saturated carbocycles. The number of tetrazole rings is 1. The molecule has 1 N–H and O–H groups in total. The molecule has 0 aliphatic heterocycles. The lowest BCUT2D eigenvalue weighted by atomic mass is 10.1. The standard InChI is InChI=1S/C20H23N5OS/c1-13-10-11-18(14(2)12-13)25-20(22-23-24-25)27-16(4)19(26)21-15(3)17-8-6-5-7-9-17/h5-12,15-16H,1-4H3,(H,21,26). The van der Waals surface area contributed by atoms with Gasteiger partial charge in [-0.15, -0.1) is 5.10 Å². The summed E-state index contributed by atoms with van der Waals surface area (Å²) in [5.74, 6) is -0.0495. The summed E-state index contributed by atoms with van der Waals surface area (Å²) >= 11 is 1.34. The molecule has 0 radical (unpaired) electrons. The maximum Gasteiger partial charge on any atom is 0.233 e. The molecule has 27 heavy (non-hydrogen) atoms. The molecule has 0 saturated heterocycles. The summed E-state index contributed by atoms with van der Waals surface area (Å²) < 4.78 is 1.68. The van der Waals surface area contributed by atoms with Crippen LogP contribution in [0.1, 0.15) is 36.6 Å². The summed E-state index contributed by atoms with van der Waals surface area (Å²) in [6.45, 7) is 7.91. The second-order valence-electron chi connectivity index (χ2n) is 6.56. The Morgan fingerprint density at radius 1 is 1.11 bits per heavy atom. The van der Waals surface area contributed by atoms with Gasteiger partial charge in [-0.05, 0) is 55.3 Å². The van der Waals surface area contributed by atoms with Crippen molar-refractivity contribution in [2.45, 2.75) is 44.1 Å². The highest BCUT2D eigenvalue weighted by molar-refractivity contribution is 8.00. The minimum absolute atomic E-state index is 0.0495. The molecular weight excluding hydrogens is 358 g/mol. The Bertz CT molecular complexity index is 925. The molecule has 0 aliphatic carbocycles. The van der Waals surface area contributed by atoms with Crippen molar-refractivity contribution in [2.75, 3.05) is 0 Å². The number of carbonyl (C=O) groups excluding carboxylic acids is 1. The van der Waals surface area contributed by atoms with Crippen LogP contribution in [0.15, 0.2) is 53.7 Å². The minimum Gasteiger partial charge on any atom is -0.349 e. The number of rotatable bonds is 6. The highest BCUT2D eigenvalue weighted by atomic mass is 32.2. The molecule has 7 heteroatoms. The highest BCUT2D eigenvalue weighted by Crippen LogP contribution is 2.25. The highest BCUT2D eigenvalue weighted by Gasteiger charge is 2.21. The lowest BCUT2D eigenvalue weighted by molar-refractivity contribution is -0.120. The first-order valence-corrected chi connectivity index (χ1v) is 9.71. The molecule has 0 spiro atoms. The molecule has 2 atom stereocenters. The number of aromatic nitrogens is 4. The lowest BCUT2D eigenvalue weighted by Crippen LogP contribution is -2.33. The van der Waals surface area contributed by atoms with E-state index in [2.05, 4.69) is 26.9 Å².